The van der Waals surface area contributed by atoms with Crippen molar-refractivity contribution in [3.8, 4) is 0 Å². The first kappa shape index (κ1) is 6.84. The molecule has 0 amide bonds. The van der Waals surface area contributed by atoms with E-state index in [2.05, 4.69) is 4.98 Å². The van der Waals surface area contributed by atoms with Gasteiger partial charge in [-0.3, -0.25) is 0 Å². The third-order valence-corrected chi connectivity index (χ3v) is 1.47. The SMILES string of the molecule is [O]C(=O)c1nc2ccccc2o1. The first-order valence-electron chi connectivity index (χ1n) is 3.34. The van der Waals surface area contributed by atoms with Crippen LogP contribution in [0.5, 0.6) is 0 Å². The second-order valence-electron chi connectivity index (χ2n) is 2.27. The average Bonchev–Trinajstić information content (AvgIpc) is 2.46. The zero-order chi connectivity index (χ0) is 8.55. The summed E-state index contributed by atoms with van der Waals surface area (Å²) in [5.74, 6) is -1.78. The van der Waals surface area contributed by atoms with Gasteiger partial charge < -0.3 is 4.42 Å². The largest absolute Gasteiger partial charge is 0.440 e. The Bertz CT molecular complexity index is 400. The molecule has 0 aliphatic heterocycles. The van der Waals surface area contributed by atoms with E-state index < -0.39 is 5.97 Å². The Labute approximate surface area is 67.4 Å². The molecule has 0 aliphatic carbocycles. The van der Waals surface area contributed by atoms with E-state index in [-0.39, 0.29) is 5.89 Å². The number of nitrogens with zero attached hydrogens (tertiary/aromatic N) is 1. The molecule has 1 radical (unpaired) electrons. The quantitative estimate of drug-likeness (QED) is 0.636. The van der Waals surface area contributed by atoms with E-state index in [9.17, 15) is 9.90 Å². The van der Waals surface area contributed by atoms with Gasteiger partial charge in [-0.15, -0.1) is 0 Å². The van der Waals surface area contributed by atoms with Crippen LogP contribution in [0, 0.1) is 0 Å². The first-order valence-corrected chi connectivity index (χ1v) is 3.34. The van der Waals surface area contributed by atoms with Crippen molar-refractivity contribution in [1.82, 2.24) is 4.98 Å². The van der Waals surface area contributed by atoms with Crippen LogP contribution in [0.25, 0.3) is 11.1 Å². The maximum absolute atomic E-state index is 10.3. The van der Waals surface area contributed by atoms with Gasteiger partial charge in [0.15, 0.2) is 5.58 Å². The van der Waals surface area contributed by atoms with E-state index in [4.69, 9.17) is 4.42 Å². The van der Waals surface area contributed by atoms with E-state index in [1.807, 2.05) is 0 Å². The van der Waals surface area contributed by atoms with Gasteiger partial charge in [-0.2, -0.15) is 0 Å². The molecule has 0 N–H and O–H groups in total. The number of rotatable bonds is 1. The van der Waals surface area contributed by atoms with Gasteiger partial charge >= 0.3 is 11.9 Å². The highest BCUT2D eigenvalue weighted by atomic mass is 16.4. The van der Waals surface area contributed by atoms with Crippen LogP contribution in [0.15, 0.2) is 28.7 Å². The van der Waals surface area contributed by atoms with Gasteiger partial charge in [0.05, 0.1) is 0 Å². The van der Waals surface area contributed by atoms with Crippen molar-refractivity contribution < 1.29 is 14.3 Å². The van der Waals surface area contributed by atoms with Crippen LogP contribution in [-0.4, -0.2) is 11.0 Å². The van der Waals surface area contributed by atoms with E-state index in [0.29, 0.717) is 11.1 Å². The zero-order valence-electron chi connectivity index (χ0n) is 5.98. The lowest BCUT2D eigenvalue weighted by Gasteiger charge is -1.79. The minimum absolute atomic E-state index is 0.379. The van der Waals surface area contributed by atoms with Crippen molar-refractivity contribution in [3.63, 3.8) is 0 Å². The Morgan fingerprint density at radius 1 is 1.33 bits per heavy atom. The molecule has 2 aromatic rings. The highest BCUT2D eigenvalue weighted by Gasteiger charge is 2.13. The van der Waals surface area contributed by atoms with Crippen LogP contribution < -0.4 is 0 Å². The van der Waals surface area contributed by atoms with E-state index in [1.165, 1.54) is 0 Å². The number of hydrogen-bond donors (Lipinski definition) is 0. The molecule has 1 aromatic heterocycles. The molecule has 0 atom stereocenters. The number of oxazole rings is 1. The van der Waals surface area contributed by atoms with Crippen molar-refractivity contribution >= 4 is 17.1 Å². The van der Waals surface area contributed by atoms with E-state index in [0.717, 1.165) is 0 Å². The molecule has 0 unspecified atom stereocenters. The molecule has 2 rings (SSSR count). The van der Waals surface area contributed by atoms with Crippen molar-refractivity contribution in [2.24, 2.45) is 0 Å². The number of fused-ring (bicyclic) bond motifs is 1. The molecular formula is C8H4NO3. The van der Waals surface area contributed by atoms with Crippen LogP contribution in [0.1, 0.15) is 10.7 Å². The highest BCUT2D eigenvalue weighted by Crippen LogP contribution is 2.14. The molecule has 0 saturated carbocycles. The van der Waals surface area contributed by atoms with Crippen LogP contribution in [-0.2, 0) is 5.11 Å². The average molecular weight is 162 g/mol. The van der Waals surface area contributed by atoms with E-state index in [1.54, 1.807) is 24.3 Å². The summed E-state index contributed by atoms with van der Waals surface area (Å²) in [6, 6.07) is 6.82. The fraction of sp³-hybridized carbons (Fsp3) is 0. The molecule has 4 nitrogen and oxygen atoms in total. The summed E-state index contributed by atoms with van der Waals surface area (Å²) >= 11 is 0. The highest BCUT2D eigenvalue weighted by molar-refractivity contribution is 5.86. The monoisotopic (exact) mass is 162 g/mol. The van der Waals surface area contributed by atoms with Crippen LogP contribution >= 0.6 is 0 Å². The number of carbonyl (C=O) groups excluding carboxylic acids is 1. The summed E-state index contributed by atoms with van der Waals surface area (Å²) in [6.07, 6.45) is 0. The second kappa shape index (κ2) is 2.34. The van der Waals surface area contributed by atoms with Crippen molar-refractivity contribution in [2.75, 3.05) is 0 Å². The van der Waals surface area contributed by atoms with Gasteiger partial charge in [0.2, 0.25) is 0 Å². The Balaban J connectivity index is 2.70. The summed E-state index contributed by atoms with van der Waals surface area (Å²) < 4.78 is 4.86. The molecule has 1 aromatic carbocycles. The molecule has 12 heavy (non-hydrogen) atoms. The summed E-state index contributed by atoms with van der Waals surface area (Å²) in [5, 5.41) is 10.3. The Morgan fingerprint density at radius 3 is 2.75 bits per heavy atom. The van der Waals surface area contributed by atoms with Gasteiger partial charge in [0.25, 0.3) is 0 Å². The summed E-state index contributed by atoms with van der Waals surface area (Å²) in [6.45, 7) is 0. The zero-order valence-corrected chi connectivity index (χ0v) is 5.98. The summed E-state index contributed by atoms with van der Waals surface area (Å²) in [4.78, 5) is 14.0. The molecule has 4 heteroatoms. The minimum Gasteiger partial charge on any atom is -0.431 e. The number of aromatic nitrogens is 1. The number of benzene rings is 1. The van der Waals surface area contributed by atoms with Gasteiger partial charge in [-0.1, -0.05) is 12.1 Å². The van der Waals surface area contributed by atoms with Crippen molar-refractivity contribution in [3.05, 3.63) is 30.2 Å². The lowest BCUT2D eigenvalue weighted by molar-refractivity contribution is 0.0530. The number of para-hydroxylation sites is 2. The minimum atomic E-state index is -1.40. The fourth-order valence-electron chi connectivity index (χ4n) is 0.960. The van der Waals surface area contributed by atoms with Crippen LogP contribution in [0.4, 0.5) is 0 Å². The van der Waals surface area contributed by atoms with Gasteiger partial charge in [-0.25, -0.2) is 14.9 Å². The molecule has 0 spiro atoms. The normalized spacial score (nSPS) is 10.3. The van der Waals surface area contributed by atoms with Gasteiger partial charge in [0.1, 0.15) is 5.52 Å². The summed E-state index contributed by atoms with van der Waals surface area (Å²) in [7, 11) is 0. The lowest BCUT2D eigenvalue weighted by Crippen LogP contribution is -1.92. The third kappa shape index (κ3) is 0.934. The fourth-order valence-corrected chi connectivity index (χ4v) is 0.960. The molecule has 59 valence electrons. The summed E-state index contributed by atoms with van der Waals surface area (Å²) in [5.41, 5.74) is 0.980. The molecule has 0 fully saturated rings. The molecule has 0 aliphatic rings. The number of hydrogen-bond acceptors (Lipinski definition) is 3. The second-order valence-corrected chi connectivity index (χ2v) is 2.27. The smallest absolute Gasteiger partial charge is 0.431 e. The standard InChI is InChI=1S/C8H4NO3/c10-8(11)7-9-5-3-1-2-4-6(5)12-7/h1-4H. The van der Waals surface area contributed by atoms with Crippen LogP contribution in [0.2, 0.25) is 0 Å². The van der Waals surface area contributed by atoms with Crippen molar-refractivity contribution in [1.29, 1.82) is 0 Å². The van der Waals surface area contributed by atoms with Crippen LogP contribution in [0.3, 0.4) is 0 Å². The van der Waals surface area contributed by atoms with Gasteiger partial charge in [0, 0.05) is 0 Å². The van der Waals surface area contributed by atoms with E-state index >= 15 is 0 Å². The predicted octanol–water partition coefficient (Wildman–Crippen LogP) is 1.40. The van der Waals surface area contributed by atoms with Crippen molar-refractivity contribution in [2.45, 2.75) is 0 Å². The molecular weight excluding hydrogens is 158 g/mol. The lowest BCUT2D eigenvalue weighted by atomic mass is 10.3. The van der Waals surface area contributed by atoms with Gasteiger partial charge in [-0.05, 0) is 12.1 Å². The molecule has 0 bridgehead atoms. The predicted molar refractivity (Wildman–Crippen MR) is 39.0 cm³/mol. The first-order chi connectivity index (χ1) is 5.77. The maximum Gasteiger partial charge on any atom is 0.440 e. The Morgan fingerprint density at radius 2 is 2.08 bits per heavy atom. The molecule has 0 saturated heterocycles. The molecule has 1 heterocycles. The topological polar surface area (TPSA) is 63.0 Å². The Kier molecular flexibility index (Phi) is 1.33. The number of carbonyl (C=O) groups is 1. The third-order valence-electron chi connectivity index (χ3n) is 1.47. The Hall–Kier alpha value is -1.84. The maximum atomic E-state index is 10.3.